The lowest BCUT2D eigenvalue weighted by Gasteiger charge is -2.33. The third-order valence-electron chi connectivity index (χ3n) is 4.99. The lowest BCUT2D eigenvalue weighted by molar-refractivity contribution is 0.00578. The predicted octanol–water partition coefficient (Wildman–Crippen LogP) is 3.43. The Morgan fingerprint density at radius 2 is 1.21 bits per heavy atom. The normalized spacial score (nSPS) is 30.9. The summed E-state index contributed by atoms with van der Waals surface area (Å²) in [6.07, 6.45) is 0.921. The third-order valence-corrected chi connectivity index (χ3v) is 6.62. The van der Waals surface area contributed by atoms with Gasteiger partial charge in [-0.05, 0) is 61.6 Å². The molecule has 2 saturated heterocycles. The SMILES string of the molecule is CC1(C)OB(CB2OC(C)(C)C(C)(C)S2)OC1(C)C. The Kier molecular flexibility index (Phi) is 3.67. The van der Waals surface area contributed by atoms with E-state index in [1.54, 1.807) is 0 Å². The molecule has 0 aromatic rings. The van der Waals surface area contributed by atoms with Crippen molar-refractivity contribution in [1.29, 1.82) is 0 Å². The molecular formula is C13H26B2O3S. The van der Waals surface area contributed by atoms with Crippen molar-refractivity contribution in [2.75, 3.05) is 0 Å². The first-order valence-electron chi connectivity index (χ1n) is 7.08. The first kappa shape index (κ1) is 15.7. The van der Waals surface area contributed by atoms with Crippen LogP contribution in [0.5, 0.6) is 0 Å². The van der Waals surface area contributed by atoms with Crippen LogP contribution in [0.25, 0.3) is 0 Å². The maximum atomic E-state index is 6.17. The van der Waals surface area contributed by atoms with Crippen LogP contribution in [0, 0.1) is 0 Å². The number of hydrogen-bond acceptors (Lipinski definition) is 4. The Hall–Kier alpha value is 0.360. The second kappa shape index (κ2) is 4.43. The van der Waals surface area contributed by atoms with Gasteiger partial charge in [-0.15, -0.1) is 0 Å². The Morgan fingerprint density at radius 1 is 0.737 bits per heavy atom. The summed E-state index contributed by atoms with van der Waals surface area (Å²) in [6.45, 7) is 17.1. The molecule has 2 aliphatic heterocycles. The summed E-state index contributed by atoms with van der Waals surface area (Å²) in [6, 6.07) is 0. The highest BCUT2D eigenvalue weighted by atomic mass is 32.2. The van der Waals surface area contributed by atoms with Crippen LogP contribution < -0.4 is 0 Å². The summed E-state index contributed by atoms with van der Waals surface area (Å²) in [7, 11) is -0.174. The zero-order valence-electron chi connectivity index (χ0n) is 13.5. The smallest absolute Gasteiger partial charge is 0.419 e. The lowest BCUT2D eigenvalue weighted by atomic mass is 9.67. The van der Waals surface area contributed by atoms with E-state index in [1.165, 1.54) is 0 Å². The minimum Gasteiger partial charge on any atom is -0.419 e. The van der Waals surface area contributed by atoms with E-state index < -0.39 is 0 Å². The van der Waals surface area contributed by atoms with Crippen molar-refractivity contribution in [3.8, 4) is 0 Å². The van der Waals surface area contributed by atoms with Crippen LogP contribution >= 0.6 is 11.6 Å². The van der Waals surface area contributed by atoms with E-state index in [0.717, 1.165) is 6.22 Å². The monoisotopic (exact) mass is 284 g/mol. The van der Waals surface area contributed by atoms with Crippen LogP contribution in [-0.2, 0) is 14.0 Å². The van der Waals surface area contributed by atoms with Gasteiger partial charge in [-0.3, -0.25) is 0 Å². The van der Waals surface area contributed by atoms with E-state index in [9.17, 15) is 0 Å². The van der Waals surface area contributed by atoms with Crippen molar-refractivity contribution >= 4 is 24.9 Å². The maximum Gasteiger partial charge on any atom is 0.453 e. The lowest BCUT2D eigenvalue weighted by Crippen LogP contribution is -2.41. The van der Waals surface area contributed by atoms with Crippen molar-refractivity contribution in [3.63, 3.8) is 0 Å². The molecule has 0 radical (unpaired) electrons. The van der Waals surface area contributed by atoms with E-state index in [0.29, 0.717) is 0 Å². The summed E-state index contributed by atoms with van der Waals surface area (Å²) >= 11 is 1.88. The van der Waals surface area contributed by atoms with Crippen molar-refractivity contribution in [2.45, 2.75) is 83.2 Å². The van der Waals surface area contributed by atoms with Gasteiger partial charge in [0.25, 0.3) is 0 Å². The average molecular weight is 284 g/mol. The minimum absolute atomic E-state index is 0.112. The summed E-state index contributed by atoms with van der Waals surface area (Å²) < 4.78 is 18.4. The molecular weight excluding hydrogens is 258 g/mol. The van der Waals surface area contributed by atoms with Gasteiger partial charge in [-0.25, -0.2) is 0 Å². The molecule has 2 fully saturated rings. The molecule has 2 rings (SSSR count). The van der Waals surface area contributed by atoms with E-state index in [4.69, 9.17) is 14.0 Å². The van der Waals surface area contributed by atoms with Gasteiger partial charge in [0.15, 0.2) is 0 Å². The molecule has 108 valence electrons. The van der Waals surface area contributed by atoms with E-state index >= 15 is 0 Å². The molecule has 2 aliphatic rings. The van der Waals surface area contributed by atoms with Crippen LogP contribution in [-0.4, -0.2) is 34.9 Å². The predicted molar refractivity (Wildman–Crippen MR) is 83.5 cm³/mol. The van der Waals surface area contributed by atoms with Gasteiger partial charge in [0.1, 0.15) is 0 Å². The Bertz CT molecular complexity index is 303. The van der Waals surface area contributed by atoms with Gasteiger partial charge in [0, 0.05) is 4.75 Å². The van der Waals surface area contributed by atoms with Gasteiger partial charge in [0.05, 0.1) is 16.8 Å². The van der Waals surface area contributed by atoms with E-state index in [-0.39, 0.29) is 34.9 Å². The van der Waals surface area contributed by atoms with Gasteiger partial charge >= 0.3 is 13.3 Å². The van der Waals surface area contributed by atoms with Crippen molar-refractivity contribution in [3.05, 3.63) is 0 Å². The van der Waals surface area contributed by atoms with Crippen molar-refractivity contribution < 1.29 is 14.0 Å². The zero-order chi connectivity index (χ0) is 14.7. The first-order chi connectivity index (χ1) is 8.36. The molecule has 0 bridgehead atoms. The fourth-order valence-corrected chi connectivity index (χ4v) is 3.81. The molecule has 0 atom stereocenters. The Labute approximate surface area is 122 Å². The summed E-state index contributed by atoms with van der Waals surface area (Å²) in [5, 5.41) is 0. The van der Waals surface area contributed by atoms with Crippen LogP contribution in [0.15, 0.2) is 0 Å². The molecule has 0 amide bonds. The van der Waals surface area contributed by atoms with Crippen LogP contribution in [0.4, 0.5) is 0 Å². The standard InChI is InChI=1S/C13H26B2O3S/c1-10(2)11(3,4)17-14(16-10)9-15-18-12(5,6)13(7,8)19-15/h9H2,1-8H3. The summed E-state index contributed by atoms with van der Waals surface area (Å²) in [4.78, 5) is 0. The quantitative estimate of drug-likeness (QED) is 0.726. The van der Waals surface area contributed by atoms with Crippen molar-refractivity contribution in [2.24, 2.45) is 0 Å². The molecule has 0 spiro atoms. The topological polar surface area (TPSA) is 27.7 Å². The highest BCUT2D eigenvalue weighted by Crippen LogP contribution is 2.49. The van der Waals surface area contributed by atoms with Crippen LogP contribution in [0.3, 0.4) is 0 Å². The third kappa shape index (κ3) is 2.74. The van der Waals surface area contributed by atoms with Crippen LogP contribution in [0.2, 0.25) is 6.22 Å². The van der Waals surface area contributed by atoms with Gasteiger partial charge in [-0.1, -0.05) is 0 Å². The fraction of sp³-hybridized carbons (Fsp3) is 1.00. The highest BCUT2D eigenvalue weighted by Gasteiger charge is 2.56. The highest BCUT2D eigenvalue weighted by molar-refractivity contribution is 8.26. The van der Waals surface area contributed by atoms with E-state index in [2.05, 4.69) is 55.4 Å². The maximum absolute atomic E-state index is 6.17. The fourth-order valence-electron chi connectivity index (χ4n) is 2.28. The molecule has 0 aromatic heterocycles. The molecule has 0 saturated carbocycles. The molecule has 0 aliphatic carbocycles. The van der Waals surface area contributed by atoms with Gasteiger partial charge < -0.3 is 14.0 Å². The summed E-state index contributed by atoms with van der Waals surface area (Å²) in [5.41, 5.74) is -0.635. The second-order valence-electron chi connectivity index (χ2n) is 7.61. The van der Waals surface area contributed by atoms with Gasteiger partial charge in [0.2, 0.25) is 0 Å². The zero-order valence-corrected chi connectivity index (χ0v) is 14.3. The first-order valence-corrected chi connectivity index (χ1v) is 7.96. The second-order valence-corrected chi connectivity index (χ2v) is 9.39. The molecule has 0 unspecified atom stereocenters. The molecule has 3 nitrogen and oxygen atoms in total. The average Bonchev–Trinajstić information content (AvgIpc) is 2.42. The van der Waals surface area contributed by atoms with E-state index in [1.807, 2.05) is 11.6 Å². The Balaban J connectivity index is 1.99. The molecule has 2 heterocycles. The molecule has 0 aromatic carbocycles. The van der Waals surface area contributed by atoms with Crippen molar-refractivity contribution in [1.82, 2.24) is 0 Å². The van der Waals surface area contributed by atoms with Crippen LogP contribution in [0.1, 0.15) is 55.4 Å². The molecule has 6 heteroatoms. The molecule has 19 heavy (non-hydrogen) atoms. The Morgan fingerprint density at radius 3 is 1.58 bits per heavy atom. The van der Waals surface area contributed by atoms with Gasteiger partial charge in [-0.2, -0.15) is 11.6 Å². The molecule has 0 N–H and O–H groups in total. The summed E-state index contributed by atoms with van der Waals surface area (Å²) in [5.74, 6) is 0. The minimum atomic E-state index is -0.258. The number of hydrogen-bond donors (Lipinski definition) is 0. The number of rotatable bonds is 2. The largest absolute Gasteiger partial charge is 0.453 e.